The fraction of sp³-hybridized carbons (Fsp3) is 0.385. The van der Waals surface area contributed by atoms with Gasteiger partial charge in [0.15, 0.2) is 0 Å². The van der Waals surface area contributed by atoms with Crippen molar-refractivity contribution in [2.75, 3.05) is 16.8 Å². The van der Waals surface area contributed by atoms with Gasteiger partial charge >= 0.3 is 0 Å². The second kappa shape index (κ2) is 5.33. The van der Waals surface area contributed by atoms with Gasteiger partial charge in [-0.1, -0.05) is 12.1 Å². The molecule has 0 saturated carbocycles. The molecule has 2 heterocycles. The minimum Gasteiger partial charge on any atom is -0.366 e. The molecule has 0 radical (unpaired) electrons. The van der Waals surface area contributed by atoms with Crippen LogP contribution in [0.25, 0.3) is 10.9 Å². The average Bonchev–Trinajstić information content (AvgIpc) is 2.40. The minimum atomic E-state index is 0.305. The Hall–Kier alpha value is -1.00. The third-order valence-corrected chi connectivity index (χ3v) is 4.46. The molecular weight excluding hydrogens is 266 g/mol. The van der Waals surface area contributed by atoms with Crippen molar-refractivity contribution in [2.45, 2.75) is 18.9 Å². The van der Waals surface area contributed by atoms with Gasteiger partial charge in [0.1, 0.15) is 5.82 Å². The number of nitrogens with zero attached hydrogens (tertiary/aromatic N) is 2. The normalized spacial score (nSPS) is 19.9. The topological polar surface area (TPSA) is 37.8 Å². The molecule has 3 rings (SSSR count). The van der Waals surface area contributed by atoms with E-state index in [1.165, 1.54) is 18.6 Å². The first kappa shape index (κ1) is 12.1. The molecule has 0 aliphatic carbocycles. The lowest BCUT2D eigenvalue weighted by molar-refractivity contribution is 0.683. The smallest absolute Gasteiger partial charge is 0.224 e. The van der Waals surface area contributed by atoms with Gasteiger partial charge in [-0.25, -0.2) is 9.97 Å². The molecular formula is C13H14ClN3S. The summed E-state index contributed by atoms with van der Waals surface area (Å²) in [5.74, 6) is 3.26. The molecule has 0 amide bonds. The number of benzene rings is 1. The van der Waals surface area contributed by atoms with Gasteiger partial charge in [0, 0.05) is 17.2 Å². The van der Waals surface area contributed by atoms with Crippen molar-refractivity contribution in [1.29, 1.82) is 0 Å². The van der Waals surface area contributed by atoms with E-state index in [1.807, 2.05) is 36.0 Å². The van der Waals surface area contributed by atoms with Crippen molar-refractivity contribution in [2.24, 2.45) is 0 Å². The first-order chi connectivity index (χ1) is 8.83. The summed E-state index contributed by atoms with van der Waals surface area (Å²) in [6.07, 6.45) is 2.46. The van der Waals surface area contributed by atoms with Crippen LogP contribution >= 0.6 is 23.4 Å². The molecule has 5 heteroatoms. The highest BCUT2D eigenvalue weighted by Crippen LogP contribution is 2.25. The molecule has 18 heavy (non-hydrogen) atoms. The molecule has 1 unspecified atom stereocenters. The van der Waals surface area contributed by atoms with Crippen LogP contribution in [0.2, 0.25) is 5.28 Å². The van der Waals surface area contributed by atoms with Crippen molar-refractivity contribution in [3.63, 3.8) is 0 Å². The Morgan fingerprint density at radius 2 is 2.17 bits per heavy atom. The number of hydrogen-bond acceptors (Lipinski definition) is 4. The molecule has 1 aliphatic heterocycles. The van der Waals surface area contributed by atoms with Crippen molar-refractivity contribution < 1.29 is 0 Å². The fourth-order valence-electron chi connectivity index (χ4n) is 2.21. The molecule has 0 bridgehead atoms. The highest BCUT2D eigenvalue weighted by atomic mass is 35.5. The van der Waals surface area contributed by atoms with Crippen LogP contribution in [0.3, 0.4) is 0 Å². The summed E-state index contributed by atoms with van der Waals surface area (Å²) in [4.78, 5) is 8.57. The van der Waals surface area contributed by atoms with Crippen LogP contribution in [0, 0.1) is 0 Å². The minimum absolute atomic E-state index is 0.305. The van der Waals surface area contributed by atoms with Crippen LogP contribution < -0.4 is 5.32 Å². The highest BCUT2D eigenvalue weighted by Gasteiger charge is 2.15. The lowest BCUT2D eigenvalue weighted by Crippen LogP contribution is -2.26. The Labute approximate surface area is 115 Å². The third kappa shape index (κ3) is 2.54. The SMILES string of the molecule is Clc1nc(NC2CCCSC2)c2ccccc2n1. The van der Waals surface area contributed by atoms with Crippen molar-refractivity contribution in [3.05, 3.63) is 29.5 Å². The van der Waals surface area contributed by atoms with Crippen LogP contribution in [0.15, 0.2) is 24.3 Å². The molecule has 1 atom stereocenters. The monoisotopic (exact) mass is 279 g/mol. The number of thioether (sulfide) groups is 1. The van der Waals surface area contributed by atoms with Gasteiger partial charge in [0.25, 0.3) is 0 Å². The average molecular weight is 280 g/mol. The zero-order chi connectivity index (χ0) is 12.4. The molecule has 3 nitrogen and oxygen atoms in total. The maximum absolute atomic E-state index is 5.97. The number of para-hydroxylation sites is 1. The van der Waals surface area contributed by atoms with Crippen LogP contribution in [-0.4, -0.2) is 27.5 Å². The van der Waals surface area contributed by atoms with Gasteiger partial charge in [0.05, 0.1) is 5.52 Å². The maximum Gasteiger partial charge on any atom is 0.224 e. The summed E-state index contributed by atoms with van der Waals surface area (Å²) in [5, 5.41) is 4.85. The van der Waals surface area contributed by atoms with Crippen LogP contribution in [-0.2, 0) is 0 Å². The zero-order valence-electron chi connectivity index (χ0n) is 9.90. The highest BCUT2D eigenvalue weighted by molar-refractivity contribution is 7.99. The Kier molecular flexibility index (Phi) is 3.57. The van der Waals surface area contributed by atoms with Gasteiger partial charge in [-0.3, -0.25) is 0 Å². The van der Waals surface area contributed by atoms with Gasteiger partial charge in [-0.15, -0.1) is 0 Å². The Morgan fingerprint density at radius 3 is 3.00 bits per heavy atom. The van der Waals surface area contributed by atoms with E-state index in [-0.39, 0.29) is 0 Å². The number of anilines is 1. The van der Waals surface area contributed by atoms with Crippen LogP contribution in [0.4, 0.5) is 5.82 Å². The van der Waals surface area contributed by atoms with E-state index in [9.17, 15) is 0 Å². The predicted octanol–water partition coefficient (Wildman–Crippen LogP) is 3.59. The van der Waals surface area contributed by atoms with Crippen LogP contribution in [0.1, 0.15) is 12.8 Å². The molecule has 0 spiro atoms. The molecule has 1 aromatic carbocycles. The van der Waals surface area contributed by atoms with E-state index in [0.717, 1.165) is 22.5 Å². The molecule has 2 aromatic rings. The van der Waals surface area contributed by atoms with E-state index in [2.05, 4.69) is 15.3 Å². The molecule has 1 saturated heterocycles. The summed E-state index contributed by atoms with van der Waals surface area (Å²) >= 11 is 7.97. The first-order valence-corrected chi connectivity index (χ1v) is 7.63. The van der Waals surface area contributed by atoms with Gasteiger partial charge in [-0.05, 0) is 42.3 Å². The second-order valence-electron chi connectivity index (χ2n) is 4.42. The standard InChI is InChI=1S/C13H14ClN3S/c14-13-16-11-6-2-1-5-10(11)12(17-13)15-9-4-3-7-18-8-9/h1-2,5-6,9H,3-4,7-8H2,(H,15,16,17). The molecule has 1 N–H and O–H groups in total. The van der Waals surface area contributed by atoms with Crippen molar-refractivity contribution in [3.8, 4) is 0 Å². The van der Waals surface area contributed by atoms with Crippen molar-refractivity contribution in [1.82, 2.24) is 9.97 Å². The van der Waals surface area contributed by atoms with E-state index in [0.29, 0.717) is 11.3 Å². The van der Waals surface area contributed by atoms with E-state index in [1.54, 1.807) is 0 Å². The summed E-state index contributed by atoms with van der Waals surface area (Å²) < 4.78 is 0. The Bertz CT molecular complexity index is 555. The second-order valence-corrected chi connectivity index (χ2v) is 5.90. The molecule has 94 valence electrons. The fourth-order valence-corrected chi connectivity index (χ4v) is 3.45. The molecule has 1 aromatic heterocycles. The van der Waals surface area contributed by atoms with E-state index in [4.69, 9.17) is 11.6 Å². The predicted molar refractivity (Wildman–Crippen MR) is 78.5 cm³/mol. The maximum atomic E-state index is 5.97. The number of fused-ring (bicyclic) bond motifs is 1. The number of hydrogen-bond donors (Lipinski definition) is 1. The summed E-state index contributed by atoms with van der Waals surface area (Å²) in [6, 6.07) is 8.44. The zero-order valence-corrected chi connectivity index (χ0v) is 11.5. The molecule has 1 fully saturated rings. The summed E-state index contributed by atoms with van der Waals surface area (Å²) in [5.41, 5.74) is 0.892. The van der Waals surface area contributed by atoms with Crippen LogP contribution in [0.5, 0.6) is 0 Å². The molecule has 1 aliphatic rings. The number of aromatic nitrogens is 2. The van der Waals surface area contributed by atoms with Gasteiger partial charge in [0.2, 0.25) is 5.28 Å². The lowest BCUT2D eigenvalue weighted by Gasteiger charge is -2.23. The lowest BCUT2D eigenvalue weighted by atomic mass is 10.1. The summed E-state index contributed by atoms with van der Waals surface area (Å²) in [6.45, 7) is 0. The van der Waals surface area contributed by atoms with Gasteiger partial charge in [-0.2, -0.15) is 11.8 Å². The number of rotatable bonds is 2. The third-order valence-electron chi connectivity index (χ3n) is 3.08. The summed E-state index contributed by atoms with van der Waals surface area (Å²) in [7, 11) is 0. The quantitative estimate of drug-likeness (QED) is 0.853. The van der Waals surface area contributed by atoms with E-state index >= 15 is 0 Å². The first-order valence-electron chi connectivity index (χ1n) is 6.09. The van der Waals surface area contributed by atoms with Crippen molar-refractivity contribution >= 4 is 40.1 Å². The van der Waals surface area contributed by atoms with Gasteiger partial charge < -0.3 is 5.32 Å². The largest absolute Gasteiger partial charge is 0.366 e. The van der Waals surface area contributed by atoms with E-state index < -0.39 is 0 Å². The number of halogens is 1. The Balaban J connectivity index is 1.94. The Morgan fingerprint density at radius 1 is 1.28 bits per heavy atom. The number of nitrogens with one attached hydrogen (secondary N) is 1.